The van der Waals surface area contributed by atoms with Crippen LogP contribution in [0.5, 0.6) is 5.75 Å². The number of hydrogen-bond donors (Lipinski definition) is 1. The van der Waals surface area contributed by atoms with Gasteiger partial charge < -0.3 is 5.11 Å². The second-order valence-electron chi connectivity index (χ2n) is 4.26. The van der Waals surface area contributed by atoms with E-state index in [-0.39, 0.29) is 5.75 Å². The fraction of sp³-hybridized carbons (Fsp3) is 0.0667. The number of aromatic nitrogens is 1. The molecule has 0 spiro atoms. The van der Waals surface area contributed by atoms with Crippen LogP contribution in [0.3, 0.4) is 0 Å². The van der Waals surface area contributed by atoms with Gasteiger partial charge in [-0.1, -0.05) is 12.1 Å². The zero-order chi connectivity index (χ0) is 13.2. The van der Waals surface area contributed by atoms with Crippen molar-refractivity contribution in [3.05, 3.63) is 53.0 Å². The van der Waals surface area contributed by atoms with Gasteiger partial charge in [-0.05, 0) is 36.8 Å². The van der Waals surface area contributed by atoms with Gasteiger partial charge in [0.25, 0.3) is 0 Å². The van der Waals surface area contributed by atoms with Gasteiger partial charge in [0.2, 0.25) is 0 Å². The molecular formula is C15H12N2OS. The summed E-state index contributed by atoms with van der Waals surface area (Å²) in [4.78, 5) is 9.23. The molecule has 0 amide bonds. The van der Waals surface area contributed by atoms with E-state index in [9.17, 15) is 5.11 Å². The van der Waals surface area contributed by atoms with Crippen molar-refractivity contribution in [2.45, 2.75) is 6.92 Å². The first-order chi connectivity index (χ1) is 9.24. The maximum Gasteiger partial charge on any atom is 0.152 e. The molecule has 0 atom stereocenters. The Bertz CT molecular complexity index is 762. The molecule has 0 bridgehead atoms. The lowest BCUT2D eigenvalue weighted by molar-refractivity contribution is 0.483. The van der Waals surface area contributed by atoms with E-state index in [1.165, 1.54) is 11.3 Å². The number of fused-ring (bicyclic) bond motifs is 1. The summed E-state index contributed by atoms with van der Waals surface area (Å²) in [6.07, 6.45) is 3.40. The molecule has 1 N–H and O–H groups in total. The zero-order valence-corrected chi connectivity index (χ0v) is 11.2. The Kier molecular flexibility index (Phi) is 3.01. The standard InChI is InChI=1S/C15H12N2OS/c1-10-6-7-16-14(8-10)17-9-13-15(18)11-4-2-3-5-12(11)19-13/h2-9,18H,1H3. The Hall–Kier alpha value is -2.20. The number of aryl methyl sites for hydroxylation is 1. The molecule has 3 aromatic rings. The summed E-state index contributed by atoms with van der Waals surface area (Å²) < 4.78 is 1.05. The fourth-order valence-electron chi connectivity index (χ4n) is 1.85. The SMILES string of the molecule is Cc1ccnc(N=Cc2sc3ccccc3c2O)c1. The predicted molar refractivity (Wildman–Crippen MR) is 79.7 cm³/mol. The number of aromatic hydroxyl groups is 1. The highest BCUT2D eigenvalue weighted by molar-refractivity contribution is 7.21. The Labute approximate surface area is 114 Å². The number of nitrogens with zero attached hydrogens (tertiary/aromatic N) is 2. The van der Waals surface area contributed by atoms with Crippen molar-refractivity contribution >= 4 is 33.5 Å². The first kappa shape index (κ1) is 11.9. The van der Waals surface area contributed by atoms with E-state index in [0.717, 1.165) is 20.5 Å². The Morgan fingerprint density at radius 1 is 1.26 bits per heavy atom. The van der Waals surface area contributed by atoms with Crippen molar-refractivity contribution in [3.63, 3.8) is 0 Å². The van der Waals surface area contributed by atoms with Gasteiger partial charge >= 0.3 is 0 Å². The molecule has 19 heavy (non-hydrogen) atoms. The van der Waals surface area contributed by atoms with Crippen molar-refractivity contribution in [2.24, 2.45) is 4.99 Å². The number of rotatable bonds is 2. The van der Waals surface area contributed by atoms with Crippen molar-refractivity contribution in [3.8, 4) is 5.75 Å². The first-order valence-corrected chi connectivity index (χ1v) is 6.73. The summed E-state index contributed by atoms with van der Waals surface area (Å²) in [7, 11) is 0. The third-order valence-corrected chi connectivity index (χ3v) is 3.91. The van der Waals surface area contributed by atoms with Crippen LogP contribution in [0.25, 0.3) is 10.1 Å². The van der Waals surface area contributed by atoms with Gasteiger partial charge in [-0.15, -0.1) is 11.3 Å². The number of thiophene rings is 1. The van der Waals surface area contributed by atoms with Crippen LogP contribution >= 0.6 is 11.3 Å². The molecule has 3 nitrogen and oxygen atoms in total. The van der Waals surface area contributed by atoms with Crippen LogP contribution in [0.1, 0.15) is 10.4 Å². The number of aliphatic imine (C=N–C) groups is 1. The summed E-state index contributed by atoms with van der Waals surface area (Å²) in [6, 6.07) is 11.6. The predicted octanol–water partition coefficient (Wildman–Crippen LogP) is 4.06. The van der Waals surface area contributed by atoms with Gasteiger partial charge in [-0.2, -0.15) is 0 Å². The van der Waals surface area contributed by atoms with Gasteiger partial charge in [0, 0.05) is 16.3 Å². The quantitative estimate of drug-likeness (QED) is 0.712. The monoisotopic (exact) mass is 268 g/mol. The van der Waals surface area contributed by atoms with E-state index >= 15 is 0 Å². The minimum absolute atomic E-state index is 0.289. The van der Waals surface area contributed by atoms with Crippen LogP contribution in [0.4, 0.5) is 5.82 Å². The number of pyridine rings is 1. The summed E-state index contributed by atoms with van der Waals surface area (Å²) in [5, 5.41) is 11.0. The highest BCUT2D eigenvalue weighted by Gasteiger charge is 2.08. The molecule has 0 saturated carbocycles. The first-order valence-electron chi connectivity index (χ1n) is 5.91. The van der Waals surface area contributed by atoms with E-state index in [0.29, 0.717) is 5.82 Å². The van der Waals surface area contributed by atoms with Gasteiger partial charge in [0.15, 0.2) is 5.82 Å². The van der Waals surface area contributed by atoms with Crippen LogP contribution < -0.4 is 0 Å². The third-order valence-electron chi connectivity index (χ3n) is 2.81. The Morgan fingerprint density at radius 3 is 2.89 bits per heavy atom. The summed E-state index contributed by atoms with van der Waals surface area (Å²) in [5.41, 5.74) is 1.11. The molecule has 94 valence electrons. The molecule has 0 aliphatic heterocycles. The van der Waals surface area contributed by atoms with Gasteiger partial charge in [-0.25, -0.2) is 9.98 Å². The fourth-order valence-corrected chi connectivity index (χ4v) is 2.82. The summed E-state index contributed by atoms with van der Waals surface area (Å²) >= 11 is 1.52. The van der Waals surface area contributed by atoms with Crippen molar-refractivity contribution in [1.29, 1.82) is 0 Å². The lowest BCUT2D eigenvalue weighted by atomic mass is 10.2. The topological polar surface area (TPSA) is 45.5 Å². The van der Waals surface area contributed by atoms with Crippen molar-refractivity contribution in [2.75, 3.05) is 0 Å². The van der Waals surface area contributed by atoms with Crippen LogP contribution in [0, 0.1) is 6.92 Å². The molecule has 4 heteroatoms. The average Bonchev–Trinajstić information content (AvgIpc) is 2.74. The minimum atomic E-state index is 0.289. The molecule has 0 unspecified atom stereocenters. The molecule has 2 aromatic heterocycles. The second kappa shape index (κ2) is 4.82. The maximum absolute atomic E-state index is 10.1. The molecular weight excluding hydrogens is 256 g/mol. The number of hydrogen-bond acceptors (Lipinski definition) is 4. The maximum atomic E-state index is 10.1. The zero-order valence-electron chi connectivity index (χ0n) is 10.4. The van der Waals surface area contributed by atoms with Crippen molar-refractivity contribution < 1.29 is 5.11 Å². The minimum Gasteiger partial charge on any atom is -0.506 e. The van der Waals surface area contributed by atoms with E-state index in [4.69, 9.17) is 0 Å². The van der Waals surface area contributed by atoms with E-state index in [2.05, 4.69) is 9.98 Å². The van der Waals surface area contributed by atoms with Crippen LogP contribution in [-0.4, -0.2) is 16.3 Å². The largest absolute Gasteiger partial charge is 0.506 e. The summed E-state index contributed by atoms with van der Waals surface area (Å²) in [6.45, 7) is 2.00. The normalized spacial score (nSPS) is 11.4. The molecule has 0 aliphatic rings. The number of benzene rings is 1. The van der Waals surface area contributed by atoms with Crippen LogP contribution in [0.15, 0.2) is 47.6 Å². The van der Waals surface area contributed by atoms with Crippen LogP contribution in [-0.2, 0) is 0 Å². The Balaban J connectivity index is 1.99. The third kappa shape index (κ3) is 2.35. The highest BCUT2D eigenvalue weighted by Crippen LogP contribution is 2.35. The Morgan fingerprint density at radius 2 is 2.11 bits per heavy atom. The molecule has 0 aliphatic carbocycles. The van der Waals surface area contributed by atoms with Crippen LogP contribution in [0.2, 0.25) is 0 Å². The lowest BCUT2D eigenvalue weighted by Gasteiger charge is -1.94. The molecule has 1 aromatic carbocycles. The molecule has 2 heterocycles. The van der Waals surface area contributed by atoms with Gasteiger partial charge in [-0.3, -0.25) is 0 Å². The molecule has 0 saturated heterocycles. The molecule has 0 fully saturated rings. The lowest BCUT2D eigenvalue weighted by Crippen LogP contribution is -1.78. The van der Waals surface area contributed by atoms with Gasteiger partial charge in [0.05, 0.1) is 11.1 Å². The summed E-state index contributed by atoms with van der Waals surface area (Å²) in [5.74, 6) is 0.939. The van der Waals surface area contributed by atoms with E-state index < -0.39 is 0 Å². The van der Waals surface area contributed by atoms with Crippen molar-refractivity contribution in [1.82, 2.24) is 4.98 Å². The highest BCUT2D eigenvalue weighted by atomic mass is 32.1. The van der Waals surface area contributed by atoms with E-state index in [1.54, 1.807) is 12.4 Å². The smallest absolute Gasteiger partial charge is 0.152 e. The van der Waals surface area contributed by atoms with Gasteiger partial charge in [0.1, 0.15) is 5.75 Å². The average molecular weight is 268 g/mol. The van der Waals surface area contributed by atoms with E-state index in [1.807, 2.05) is 43.3 Å². The molecule has 0 radical (unpaired) electrons. The second-order valence-corrected chi connectivity index (χ2v) is 5.34. The molecule has 3 rings (SSSR count).